The minimum Gasteiger partial charge on any atom is -0.381 e. The van der Waals surface area contributed by atoms with Gasteiger partial charge in [0.1, 0.15) is 0 Å². The van der Waals surface area contributed by atoms with Gasteiger partial charge in [0.15, 0.2) is 0 Å². The minimum absolute atomic E-state index is 0.592. The van der Waals surface area contributed by atoms with Crippen LogP contribution >= 0.6 is 0 Å². The predicted octanol–water partition coefficient (Wildman–Crippen LogP) is 1.94. The zero-order chi connectivity index (χ0) is 9.97. The van der Waals surface area contributed by atoms with Gasteiger partial charge in [0, 0.05) is 18.3 Å². The molecule has 2 N–H and O–H groups in total. The van der Waals surface area contributed by atoms with E-state index in [0.29, 0.717) is 6.04 Å². The van der Waals surface area contributed by atoms with Crippen molar-refractivity contribution in [3.63, 3.8) is 0 Å². The van der Waals surface area contributed by atoms with Crippen LogP contribution < -0.4 is 10.6 Å². The van der Waals surface area contributed by atoms with Crippen molar-refractivity contribution in [2.45, 2.75) is 25.8 Å². The van der Waals surface area contributed by atoms with Crippen molar-refractivity contribution in [2.75, 3.05) is 18.9 Å². The van der Waals surface area contributed by atoms with Crippen molar-refractivity contribution in [1.82, 2.24) is 5.32 Å². The normalized spacial score (nSPS) is 20.0. The van der Waals surface area contributed by atoms with E-state index >= 15 is 0 Å². The van der Waals surface area contributed by atoms with Gasteiger partial charge in [-0.25, -0.2) is 0 Å². The fourth-order valence-electron chi connectivity index (χ4n) is 2.06. The maximum absolute atomic E-state index is 3.58. The molecule has 1 aromatic rings. The van der Waals surface area contributed by atoms with E-state index < -0.39 is 0 Å². The Balaban J connectivity index is 2.16. The number of rotatable bonds is 2. The summed E-state index contributed by atoms with van der Waals surface area (Å²) in [5, 5.41) is 6.80. The average molecular weight is 190 g/mol. The highest BCUT2D eigenvalue weighted by Gasteiger charge is 2.16. The van der Waals surface area contributed by atoms with Gasteiger partial charge in [-0.1, -0.05) is 12.1 Å². The summed E-state index contributed by atoms with van der Waals surface area (Å²) in [6, 6.07) is 7.28. The van der Waals surface area contributed by atoms with E-state index in [1.165, 1.54) is 29.7 Å². The van der Waals surface area contributed by atoms with Gasteiger partial charge in [-0.3, -0.25) is 0 Å². The van der Waals surface area contributed by atoms with Crippen molar-refractivity contribution in [3.05, 3.63) is 29.3 Å². The number of fused-ring (bicyclic) bond motifs is 1. The van der Waals surface area contributed by atoms with E-state index in [9.17, 15) is 0 Å². The molecule has 0 amide bonds. The SMILES string of the molecule is CNCC1CCc2ccc(C)cc2N1. The van der Waals surface area contributed by atoms with Crippen LogP contribution in [0, 0.1) is 6.92 Å². The van der Waals surface area contributed by atoms with Crippen molar-refractivity contribution < 1.29 is 0 Å². The number of aryl methyl sites for hydroxylation is 2. The molecule has 1 aromatic carbocycles. The Hall–Kier alpha value is -1.02. The average Bonchev–Trinajstić information content (AvgIpc) is 2.17. The molecule has 2 heteroatoms. The highest BCUT2D eigenvalue weighted by atomic mass is 15.0. The van der Waals surface area contributed by atoms with E-state index in [1.807, 2.05) is 7.05 Å². The highest BCUT2D eigenvalue weighted by molar-refractivity contribution is 5.55. The Morgan fingerprint density at radius 2 is 2.36 bits per heavy atom. The molecule has 76 valence electrons. The Morgan fingerprint density at radius 3 is 3.14 bits per heavy atom. The first-order chi connectivity index (χ1) is 6.79. The van der Waals surface area contributed by atoms with E-state index in [1.54, 1.807) is 0 Å². The van der Waals surface area contributed by atoms with E-state index in [0.717, 1.165) is 6.54 Å². The van der Waals surface area contributed by atoms with Crippen LogP contribution in [0.2, 0.25) is 0 Å². The molecule has 0 radical (unpaired) electrons. The molecule has 0 saturated carbocycles. The molecular formula is C12H18N2. The number of anilines is 1. The Labute approximate surface area is 85.7 Å². The summed E-state index contributed by atoms with van der Waals surface area (Å²) in [4.78, 5) is 0. The molecule has 0 bridgehead atoms. The maximum atomic E-state index is 3.58. The van der Waals surface area contributed by atoms with Crippen molar-refractivity contribution in [1.29, 1.82) is 0 Å². The van der Waals surface area contributed by atoms with Gasteiger partial charge in [0.25, 0.3) is 0 Å². The van der Waals surface area contributed by atoms with Gasteiger partial charge in [-0.2, -0.15) is 0 Å². The fourth-order valence-corrected chi connectivity index (χ4v) is 2.06. The van der Waals surface area contributed by atoms with Crippen molar-refractivity contribution >= 4 is 5.69 Å². The lowest BCUT2D eigenvalue weighted by Gasteiger charge is -2.27. The summed E-state index contributed by atoms with van der Waals surface area (Å²) in [6.07, 6.45) is 2.44. The molecule has 0 aliphatic carbocycles. The monoisotopic (exact) mass is 190 g/mol. The molecule has 0 saturated heterocycles. The summed E-state index contributed by atoms with van der Waals surface area (Å²) < 4.78 is 0. The Kier molecular flexibility index (Phi) is 2.73. The second-order valence-electron chi connectivity index (χ2n) is 4.10. The lowest BCUT2D eigenvalue weighted by atomic mass is 9.97. The lowest BCUT2D eigenvalue weighted by Crippen LogP contribution is -2.34. The van der Waals surface area contributed by atoms with Crippen LogP contribution in [0.4, 0.5) is 5.69 Å². The smallest absolute Gasteiger partial charge is 0.0389 e. The van der Waals surface area contributed by atoms with E-state index in [2.05, 4.69) is 35.8 Å². The third kappa shape index (κ3) is 1.90. The molecule has 2 rings (SSSR count). The molecule has 0 spiro atoms. The van der Waals surface area contributed by atoms with Gasteiger partial charge in [-0.05, 0) is 44.0 Å². The van der Waals surface area contributed by atoms with Crippen molar-refractivity contribution in [3.8, 4) is 0 Å². The van der Waals surface area contributed by atoms with Gasteiger partial charge >= 0.3 is 0 Å². The standard InChI is InChI=1S/C12H18N2/c1-9-3-4-10-5-6-11(8-13-2)14-12(10)7-9/h3-4,7,11,13-14H,5-6,8H2,1-2H3. The van der Waals surface area contributed by atoms with Gasteiger partial charge in [0.2, 0.25) is 0 Å². The summed E-state index contributed by atoms with van der Waals surface area (Å²) in [7, 11) is 2.01. The molecule has 1 aliphatic heterocycles. The maximum Gasteiger partial charge on any atom is 0.0389 e. The number of likely N-dealkylation sites (N-methyl/N-ethyl adjacent to an activating group) is 1. The molecular weight excluding hydrogens is 172 g/mol. The third-order valence-electron chi connectivity index (χ3n) is 2.84. The summed E-state index contributed by atoms with van der Waals surface area (Å²) in [5.41, 5.74) is 4.13. The topological polar surface area (TPSA) is 24.1 Å². The first-order valence-electron chi connectivity index (χ1n) is 5.30. The van der Waals surface area contributed by atoms with Crippen LogP contribution in [-0.4, -0.2) is 19.6 Å². The molecule has 1 unspecified atom stereocenters. The Morgan fingerprint density at radius 1 is 1.50 bits per heavy atom. The number of benzene rings is 1. The summed E-state index contributed by atoms with van der Waals surface area (Å²) >= 11 is 0. The molecule has 14 heavy (non-hydrogen) atoms. The van der Waals surface area contributed by atoms with E-state index in [4.69, 9.17) is 0 Å². The first-order valence-corrected chi connectivity index (χ1v) is 5.30. The van der Waals surface area contributed by atoms with Crippen LogP contribution in [0.1, 0.15) is 17.5 Å². The third-order valence-corrected chi connectivity index (χ3v) is 2.84. The number of nitrogens with one attached hydrogen (secondary N) is 2. The van der Waals surface area contributed by atoms with Crippen LogP contribution in [0.15, 0.2) is 18.2 Å². The predicted molar refractivity (Wildman–Crippen MR) is 60.8 cm³/mol. The van der Waals surface area contributed by atoms with Crippen LogP contribution in [-0.2, 0) is 6.42 Å². The lowest BCUT2D eigenvalue weighted by molar-refractivity contribution is 0.592. The summed E-state index contributed by atoms with van der Waals surface area (Å²) in [6.45, 7) is 3.19. The second-order valence-corrected chi connectivity index (χ2v) is 4.10. The quantitative estimate of drug-likeness (QED) is 0.744. The minimum atomic E-state index is 0.592. The molecule has 1 aliphatic rings. The molecule has 0 fully saturated rings. The van der Waals surface area contributed by atoms with Gasteiger partial charge < -0.3 is 10.6 Å². The van der Waals surface area contributed by atoms with E-state index in [-0.39, 0.29) is 0 Å². The fraction of sp³-hybridized carbons (Fsp3) is 0.500. The van der Waals surface area contributed by atoms with Gasteiger partial charge in [0.05, 0.1) is 0 Å². The van der Waals surface area contributed by atoms with Crippen LogP contribution in [0.5, 0.6) is 0 Å². The second kappa shape index (κ2) is 4.01. The number of hydrogen-bond acceptors (Lipinski definition) is 2. The van der Waals surface area contributed by atoms with Crippen LogP contribution in [0.25, 0.3) is 0 Å². The zero-order valence-electron chi connectivity index (χ0n) is 8.93. The molecule has 1 atom stereocenters. The van der Waals surface area contributed by atoms with Gasteiger partial charge in [-0.15, -0.1) is 0 Å². The Bertz CT molecular complexity index is 320. The number of hydrogen-bond donors (Lipinski definition) is 2. The molecule has 0 aromatic heterocycles. The first kappa shape index (κ1) is 9.53. The molecule has 1 heterocycles. The highest BCUT2D eigenvalue weighted by Crippen LogP contribution is 2.25. The zero-order valence-corrected chi connectivity index (χ0v) is 8.93. The summed E-state index contributed by atoms with van der Waals surface area (Å²) in [5.74, 6) is 0. The van der Waals surface area contributed by atoms with Crippen molar-refractivity contribution in [2.24, 2.45) is 0 Å². The largest absolute Gasteiger partial charge is 0.381 e. The van der Waals surface area contributed by atoms with Crippen LogP contribution in [0.3, 0.4) is 0 Å². The molecule has 2 nitrogen and oxygen atoms in total.